The molecule has 3 rings (SSSR count). The van der Waals surface area contributed by atoms with Crippen LogP contribution in [0.3, 0.4) is 0 Å². The lowest BCUT2D eigenvalue weighted by Crippen LogP contribution is -2.30. The lowest BCUT2D eigenvalue weighted by atomic mass is 10.1. The number of ether oxygens (including phenoxy) is 1. The van der Waals surface area contributed by atoms with Crippen LogP contribution in [0.4, 0.5) is 5.82 Å². The Kier molecular flexibility index (Phi) is 4.94. The standard InChI is InChI=1S/C18H25N5O2/c1-11(2)25-14-5-3-12(4-6-14)16-15(18(20)24)17(19)23(22-16)13-7-9-21-10-8-13/h3-6,11,13,21H,7-10,19H2,1-2H3,(H2,20,24). The van der Waals surface area contributed by atoms with Gasteiger partial charge in [-0.1, -0.05) is 0 Å². The van der Waals surface area contributed by atoms with Gasteiger partial charge in [0.05, 0.1) is 12.1 Å². The summed E-state index contributed by atoms with van der Waals surface area (Å²) < 4.78 is 7.42. The third-order valence-electron chi connectivity index (χ3n) is 4.35. The van der Waals surface area contributed by atoms with Gasteiger partial charge in [-0.05, 0) is 64.0 Å². The number of benzene rings is 1. The van der Waals surface area contributed by atoms with E-state index in [1.165, 1.54) is 0 Å². The van der Waals surface area contributed by atoms with E-state index in [2.05, 4.69) is 10.4 Å². The maximum atomic E-state index is 12.0. The lowest BCUT2D eigenvalue weighted by Gasteiger charge is -2.23. The Hall–Kier alpha value is -2.54. The number of rotatable bonds is 5. The number of carbonyl (C=O) groups excluding carboxylic acids is 1. The molecule has 0 bridgehead atoms. The highest BCUT2D eigenvalue weighted by atomic mass is 16.5. The van der Waals surface area contributed by atoms with Crippen LogP contribution in [0, 0.1) is 0 Å². The Morgan fingerprint density at radius 2 is 1.92 bits per heavy atom. The van der Waals surface area contributed by atoms with Gasteiger partial charge in [-0.3, -0.25) is 4.79 Å². The van der Waals surface area contributed by atoms with Gasteiger partial charge in [0.1, 0.15) is 22.8 Å². The minimum absolute atomic E-state index is 0.0989. The number of nitrogens with one attached hydrogen (secondary N) is 1. The van der Waals surface area contributed by atoms with Gasteiger partial charge in [-0.2, -0.15) is 5.10 Å². The molecule has 134 valence electrons. The SMILES string of the molecule is CC(C)Oc1ccc(-c2nn(C3CCNCC3)c(N)c2C(N)=O)cc1. The second kappa shape index (κ2) is 7.14. The highest BCUT2D eigenvalue weighted by Crippen LogP contribution is 2.32. The summed E-state index contributed by atoms with van der Waals surface area (Å²) in [6.07, 6.45) is 1.94. The Balaban J connectivity index is 1.98. The molecule has 2 aromatic rings. The maximum Gasteiger partial charge on any atom is 0.254 e. The molecule has 1 saturated heterocycles. The average molecular weight is 343 g/mol. The number of hydrogen-bond donors (Lipinski definition) is 3. The molecular formula is C18H25N5O2. The molecule has 1 amide bonds. The topological polar surface area (TPSA) is 108 Å². The van der Waals surface area contributed by atoms with Crippen LogP contribution in [0.25, 0.3) is 11.3 Å². The number of piperidine rings is 1. The van der Waals surface area contributed by atoms with E-state index in [-0.39, 0.29) is 17.7 Å². The van der Waals surface area contributed by atoms with E-state index in [4.69, 9.17) is 16.2 Å². The Morgan fingerprint density at radius 1 is 1.28 bits per heavy atom. The molecule has 1 aliphatic heterocycles. The van der Waals surface area contributed by atoms with Crippen molar-refractivity contribution in [3.63, 3.8) is 0 Å². The zero-order valence-corrected chi connectivity index (χ0v) is 14.7. The van der Waals surface area contributed by atoms with Gasteiger partial charge in [-0.15, -0.1) is 0 Å². The third kappa shape index (κ3) is 3.61. The molecule has 7 nitrogen and oxygen atoms in total. The summed E-state index contributed by atoms with van der Waals surface area (Å²) in [5, 5.41) is 7.95. The largest absolute Gasteiger partial charge is 0.491 e. The number of nitrogen functional groups attached to an aromatic ring is 1. The third-order valence-corrected chi connectivity index (χ3v) is 4.35. The van der Waals surface area contributed by atoms with Crippen molar-refractivity contribution in [2.45, 2.75) is 38.8 Å². The van der Waals surface area contributed by atoms with Crippen molar-refractivity contribution < 1.29 is 9.53 Å². The second-order valence-electron chi connectivity index (χ2n) is 6.59. The minimum Gasteiger partial charge on any atom is -0.491 e. The van der Waals surface area contributed by atoms with Crippen LogP contribution in [0.2, 0.25) is 0 Å². The van der Waals surface area contributed by atoms with E-state index in [9.17, 15) is 4.79 Å². The fraction of sp³-hybridized carbons (Fsp3) is 0.444. The van der Waals surface area contributed by atoms with Crippen molar-refractivity contribution in [2.75, 3.05) is 18.8 Å². The van der Waals surface area contributed by atoms with Crippen molar-refractivity contribution in [1.82, 2.24) is 15.1 Å². The van der Waals surface area contributed by atoms with Crippen molar-refractivity contribution in [3.8, 4) is 17.0 Å². The summed E-state index contributed by atoms with van der Waals surface area (Å²) in [5.74, 6) is 0.553. The van der Waals surface area contributed by atoms with E-state index in [0.29, 0.717) is 11.5 Å². The molecule has 1 aliphatic rings. The summed E-state index contributed by atoms with van der Waals surface area (Å²) in [4.78, 5) is 12.0. The molecule has 5 N–H and O–H groups in total. The summed E-state index contributed by atoms with van der Waals surface area (Å²) >= 11 is 0. The van der Waals surface area contributed by atoms with Crippen LogP contribution in [0.15, 0.2) is 24.3 Å². The number of carbonyl (C=O) groups is 1. The molecule has 0 atom stereocenters. The van der Waals surface area contributed by atoms with Crippen molar-refractivity contribution in [3.05, 3.63) is 29.8 Å². The minimum atomic E-state index is -0.560. The summed E-state index contributed by atoms with van der Waals surface area (Å²) in [6.45, 7) is 5.76. The van der Waals surface area contributed by atoms with Crippen molar-refractivity contribution >= 4 is 11.7 Å². The Morgan fingerprint density at radius 3 is 2.48 bits per heavy atom. The molecule has 1 aromatic carbocycles. The lowest BCUT2D eigenvalue weighted by molar-refractivity contribution is 0.100. The van der Waals surface area contributed by atoms with Gasteiger partial charge in [-0.25, -0.2) is 4.68 Å². The van der Waals surface area contributed by atoms with Gasteiger partial charge in [0.2, 0.25) is 0 Å². The summed E-state index contributed by atoms with van der Waals surface area (Å²) in [5.41, 5.74) is 13.4. The van der Waals surface area contributed by atoms with Crippen LogP contribution in [0.5, 0.6) is 5.75 Å². The van der Waals surface area contributed by atoms with Gasteiger partial charge < -0.3 is 21.5 Å². The second-order valence-corrected chi connectivity index (χ2v) is 6.59. The number of primary amides is 1. The van der Waals surface area contributed by atoms with E-state index in [0.717, 1.165) is 37.2 Å². The molecule has 25 heavy (non-hydrogen) atoms. The maximum absolute atomic E-state index is 12.0. The van der Waals surface area contributed by atoms with Crippen molar-refractivity contribution in [1.29, 1.82) is 0 Å². The molecule has 0 aliphatic carbocycles. The molecule has 0 saturated carbocycles. The predicted molar refractivity (Wildman–Crippen MR) is 97.5 cm³/mol. The van der Waals surface area contributed by atoms with Crippen LogP contribution in [-0.4, -0.2) is 34.9 Å². The van der Waals surface area contributed by atoms with Gasteiger partial charge >= 0.3 is 0 Å². The van der Waals surface area contributed by atoms with E-state index in [1.54, 1.807) is 4.68 Å². The van der Waals surface area contributed by atoms with Gasteiger partial charge in [0.15, 0.2) is 0 Å². The molecular weight excluding hydrogens is 318 g/mol. The number of hydrogen-bond acceptors (Lipinski definition) is 5. The molecule has 0 spiro atoms. The quantitative estimate of drug-likeness (QED) is 0.769. The van der Waals surface area contributed by atoms with Crippen LogP contribution >= 0.6 is 0 Å². The van der Waals surface area contributed by atoms with Crippen molar-refractivity contribution in [2.24, 2.45) is 5.73 Å². The number of aromatic nitrogens is 2. The summed E-state index contributed by atoms with van der Waals surface area (Å²) in [6, 6.07) is 7.65. The first kappa shape index (κ1) is 17.3. The highest BCUT2D eigenvalue weighted by molar-refractivity contribution is 6.03. The molecule has 7 heteroatoms. The van der Waals surface area contributed by atoms with E-state index in [1.807, 2.05) is 38.1 Å². The number of nitrogens with two attached hydrogens (primary N) is 2. The fourth-order valence-corrected chi connectivity index (χ4v) is 3.19. The first-order chi connectivity index (χ1) is 12.0. The zero-order chi connectivity index (χ0) is 18.0. The molecule has 2 heterocycles. The monoisotopic (exact) mass is 343 g/mol. The highest BCUT2D eigenvalue weighted by Gasteiger charge is 2.26. The number of anilines is 1. The van der Waals surface area contributed by atoms with Crippen LogP contribution < -0.4 is 21.5 Å². The number of amides is 1. The average Bonchev–Trinajstić information content (AvgIpc) is 2.93. The molecule has 0 radical (unpaired) electrons. The van der Waals surface area contributed by atoms with Gasteiger partial charge in [0, 0.05) is 5.56 Å². The Bertz CT molecular complexity index is 746. The zero-order valence-electron chi connectivity index (χ0n) is 14.7. The van der Waals surface area contributed by atoms with Gasteiger partial charge in [0.25, 0.3) is 5.91 Å². The van der Waals surface area contributed by atoms with Crippen LogP contribution in [0.1, 0.15) is 43.1 Å². The molecule has 0 unspecified atom stereocenters. The number of nitrogens with zero attached hydrogens (tertiary/aromatic N) is 2. The van der Waals surface area contributed by atoms with Crippen LogP contribution in [-0.2, 0) is 0 Å². The molecule has 1 fully saturated rings. The first-order valence-electron chi connectivity index (χ1n) is 8.63. The fourth-order valence-electron chi connectivity index (χ4n) is 3.19. The molecule has 1 aromatic heterocycles. The Labute approximate surface area is 147 Å². The van der Waals surface area contributed by atoms with E-state index < -0.39 is 5.91 Å². The summed E-state index contributed by atoms with van der Waals surface area (Å²) in [7, 11) is 0. The van der Waals surface area contributed by atoms with E-state index >= 15 is 0 Å². The smallest absolute Gasteiger partial charge is 0.254 e. The first-order valence-corrected chi connectivity index (χ1v) is 8.63. The predicted octanol–water partition coefficient (Wildman–Crippen LogP) is 1.94. The normalized spacial score (nSPS) is 15.5.